The van der Waals surface area contributed by atoms with Crippen molar-refractivity contribution in [3.05, 3.63) is 78.4 Å². The average Bonchev–Trinajstić information content (AvgIpc) is 2.66. The zero-order valence-electron chi connectivity index (χ0n) is 14.2. The van der Waals surface area contributed by atoms with Crippen molar-refractivity contribution in [2.75, 3.05) is 0 Å². The van der Waals surface area contributed by atoms with Gasteiger partial charge >= 0.3 is 168 Å². The molecule has 0 aromatic heterocycles. The zero-order chi connectivity index (χ0) is 19.2. The average molecular weight is 596 g/mol. The summed E-state index contributed by atoms with van der Waals surface area (Å²) in [4.78, 5) is 0.382. The third-order valence-corrected chi connectivity index (χ3v) is 19.0. The first-order valence-corrected chi connectivity index (χ1v) is 15.8. The van der Waals surface area contributed by atoms with E-state index in [2.05, 4.69) is 0 Å². The summed E-state index contributed by atoms with van der Waals surface area (Å²) in [7, 11) is -7.69. The Kier molecular flexibility index (Phi) is 4.71. The van der Waals surface area contributed by atoms with Crippen LogP contribution >= 0.6 is 0 Å². The predicted molar refractivity (Wildman–Crippen MR) is 103 cm³/mol. The van der Waals surface area contributed by atoms with E-state index in [0.717, 1.165) is 5.56 Å². The van der Waals surface area contributed by atoms with E-state index in [1.807, 2.05) is 6.92 Å². The first kappa shape index (κ1) is 18.8. The second-order valence-electron chi connectivity index (χ2n) is 6.07. The molecule has 0 unspecified atom stereocenters. The van der Waals surface area contributed by atoms with Crippen LogP contribution in [0.3, 0.4) is 0 Å². The van der Waals surface area contributed by atoms with Crippen molar-refractivity contribution in [2.45, 2.75) is 21.6 Å². The Labute approximate surface area is 167 Å². The first-order valence-electron chi connectivity index (χ1n) is 8.05. The van der Waals surface area contributed by atoms with Gasteiger partial charge in [-0.1, -0.05) is 0 Å². The van der Waals surface area contributed by atoms with Crippen molar-refractivity contribution in [2.24, 2.45) is 0 Å². The van der Waals surface area contributed by atoms with Gasteiger partial charge in [-0.2, -0.15) is 0 Å². The van der Waals surface area contributed by atoms with Crippen LogP contribution in [0.4, 0.5) is 0 Å². The van der Waals surface area contributed by atoms with E-state index in [0.29, 0.717) is 6.54 Å². The van der Waals surface area contributed by atoms with Crippen LogP contribution in [0, 0.1) is 6.92 Å². The molecular formula is C19H15BiO5S2. The number of benzene rings is 3. The molecule has 1 aliphatic heterocycles. The molecule has 1 heterocycles. The van der Waals surface area contributed by atoms with Gasteiger partial charge in [0, 0.05) is 0 Å². The minimum absolute atomic E-state index is 0.0755. The van der Waals surface area contributed by atoms with Crippen LogP contribution in [-0.2, 0) is 22.2 Å². The topological polar surface area (TPSA) is 77.5 Å². The molecule has 3 aromatic carbocycles. The van der Waals surface area contributed by atoms with Gasteiger partial charge in [0.15, 0.2) is 0 Å². The quantitative estimate of drug-likeness (QED) is 0.430. The Morgan fingerprint density at radius 2 is 1.26 bits per heavy atom. The van der Waals surface area contributed by atoms with Gasteiger partial charge in [0.25, 0.3) is 0 Å². The SMILES string of the molecule is Cc1ccc(S(=O)(=O)[O][Bi]2[c]3ccccc3S(=O)(=O)c3cccc[c]32)cc1. The van der Waals surface area contributed by atoms with Crippen LogP contribution in [0.2, 0.25) is 0 Å². The molecule has 0 bridgehead atoms. The van der Waals surface area contributed by atoms with Gasteiger partial charge in [-0.15, -0.1) is 0 Å². The van der Waals surface area contributed by atoms with Crippen LogP contribution in [0.1, 0.15) is 5.56 Å². The second-order valence-corrected chi connectivity index (χ2v) is 17.3. The Hall–Kier alpha value is -1.60. The summed E-state index contributed by atoms with van der Waals surface area (Å²) in [6.07, 6.45) is 0. The Balaban J connectivity index is 1.88. The van der Waals surface area contributed by atoms with Crippen molar-refractivity contribution in [3.63, 3.8) is 0 Å². The molecule has 0 N–H and O–H groups in total. The number of hydrogen-bond acceptors (Lipinski definition) is 5. The number of fused-ring (bicyclic) bond motifs is 2. The number of sulfone groups is 1. The molecule has 3 aromatic rings. The molecule has 27 heavy (non-hydrogen) atoms. The van der Waals surface area contributed by atoms with E-state index in [4.69, 9.17) is 2.26 Å². The van der Waals surface area contributed by atoms with Crippen molar-refractivity contribution >= 4 is 48.7 Å². The predicted octanol–water partition coefficient (Wildman–Crippen LogP) is 1.65. The van der Waals surface area contributed by atoms with E-state index in [9.17, 15) is 16.8 Å². The fourth-order valence-corrected chi connectivity index (χ4v) is 19.5. The maximum atomic E-state index is 12.9. The van der Waals surface area contributed by atoms with Gasteiger partial charge in [-0.3, -0.25) is 0 Å². The van der Waals surface area contributed by atoms with Crippen molar-refractivity contribution in [1.29, 1.82) is 0 Å². The van der Waals surface area contributed by atoms with Crippen molar-refractivity contribution in [1.82, 2.24) is 0 Å². The van der Waals surface area contributed by atoms with Crippen LogP contribution in [0.5, 0.6) is 0 Å². The third kappa shape index (κ3) is 3.25. The molecular weight excluding hydrogens is 581 g/mol. The van der Waals surface area contributed by atoms with Gasteiger partial charge in [-0.25, -0.2) is 0 Å². The molecule has 0 atom stereocenters. The van der Waals surface area contributed by atoms with E-state index < -0.39 is 42.1 Å². The summed E-state index contributed by atoms with van der Waals surface area (Å²) in [5, 5.41) is 0. The number of aryl methyl sites for hydroxylation is 1. The molecule has 0 aliphatic carbocycles. The summed E-state index contributed by atoms with van der Waals surface area (Å²) in [6, 6.07) is 19.5. The van der Waals surface area contributed by atoms with Gasteiger partial charge in [0.05, 0.1) is 0 Å². The van der Waals surface area contributed by atoms with Crippen LogP contribution in [0.15, 0.2) is 87.5 Å². The molecule has 8 heteroatoms. The van der Waals surface area contributed by atoms with Gasteiger partial charge < -0.3 is 0 Å². The molecule has 1 aliphatic rings. The maximum absolute atomic E-state index is 12.9. The van der Waals surface area contributed by atoms with Crippen molar-refractivity contribution in [3.8, 4) is 0 Å². The molecule has 0 fully saturated rings. The van der Waals surface area contributed by atoms with E-state index in [-0.39, 0.29) is 14.7 Å². The fraction of sp³-hybridized carbons (Fsp3) is 0.0526. The number of rotatable bonds is 3. The number of hydrogen-bond donors (Lipinski definition) is 0. The molecule has 138 valence electrons. The fourth-order valence-electron chi connectivity index (χ4n) is 2.88. The molecule has 0 saturated carbocycles. The van der Waals surface area contributed by atoms with Crippen LogP contribution < -0.4 is 6.54 Å². The molecule has 0 amide bonds. The first-order chi connectivity index (χ1) is 12.8. The molecule has 0 radical (unpaired) electrons. The summed E-state index contributed by atoms with van der Waals surface area (Å²) < 4.78 is 58.4. The van der Waals surface area contributed by atoms with Crippen molar-refractivity contribution < 1.29 is 19.1 Å². The van der Waals surface area contributed by atoms with E-state index in [1.54, 1.807) is 48.5 Å². The van der Waals surface area contributed by atoms with Crippen LogP contribution in [0.25, 0.3) is 0 Å². The van der Waals surface area contributed by atoms with Gasteiger partial charge in [-0.05, 0) is 0 Å². The standard InChI is InChI=1S/C12H8O2S.C7H8O3S.Bi/c13-15(14,11-7-3-1-4-8-11)12-9-5-2-6-10-12;1-6-2-4-7(5-3-6)11(8,9)10;/h1-7,9H;2-5H,1H3,(H,8,9,10);/q;;+1/p-1. The van der Waals surface area contributed by atoms with E-state index in [1.165, 1.54) is 24.3 Å². The Morgan fingerprint density at radius 3 is 1.78 bits per heavy atom. The Morgan fingerprint density at radius 1 is 0.778 bits per heavy atom. The molecule has 4 rings (SSSR count). The summed E-state index contributed by atoms with van der Waals surface area (Å²) in [5.41, 5.74) is 0.941. The summed E-state index contributed by atoms with van der Waals surface area (Å²) in [5.74, 6) is 0. The Bertz CT molecular complexity index is 1180. The molecule has 0 saturated heterocycles. The third-order valence-electron chi connectivity index (χ3n) is 4.23. The minimum atomic E-state index is -4.00. The van der Waals surface area contributed by atoms with Crippen LogP contribution in [-0.4, -0.2) is 39.0 Å². The normalized spacial score (nSPS) is 15.7. The van der Waals surface area contributed by atoms with E-state index >= 15 is 0 Å². The van der Waals surface area contributed by atoms with Gasteiger partial charge in [0.2, 0.25) is 0 Å². The summed E-state index contributed by atoms with van der Waals surface area (Å²) >= 11 is -3.59. The monoisotopic (exact) mass is 596 g/mol. The molecule has 5 nitrogen and oxygen atoms in total. The molecule has 0 spiro atoms. The second kappa shape index (κ2) is 6.78. The van der Waals surface area contributed by atoms with Gasteiger partial charge in [0.1, 0.15) is 0 Å². The summed E-state index contributed by atoms with van der Waals surface area (Å²) in [6.45, 7) is 1.87. The zero-order valence-corrected chi connectivity index (χ0v) is 19.3.